The Morgan fingerprint density at radius 3 is 1.67 bits per heavy atom. The molecule has 0 saturated carbocycles. The fraction of sp³-hybridized carbons (Fsp3) is 0.805. The number of allylic oxidation sites excluding steroid dienone is 8. The van der Waals surface area contributed by atoms with E-state index in [9.17, 15) is 0 Å². The van der Waals surface area contributed by atoms with Gasteiger partial charge in [-0.05, 0) is 78.3 Å². The van der Waals surface area contributed by atoms with Crippen LogP contribution in [0.4, 0.5) is 0 Å². The van der Waals surface area contributed by atoms with Crippen LogP contribution >= 0.6 is 21.6 Å². The van der Waals surface area contributed by atoms with E-state index in [4.69, 9.17) is 9.47 Å². The minimum atomic E-state index is 0.212. The molecule has 270 valence electrons. The average molecular weight is 680 g/mol. The third-order valence-corrected chi connectivity index (χ3v) is 10.4. The monoisotopic (exact) mass is 680 g/mol. The zero-order chi connectivity index (χ0) is 33.4. The maximum Gasteiger partial charge on any atom is 0.0906 e. The first-order valence-electron chi connectivity index (χ1n) is 19.4. The van der Waals surface area contributed by atoms with Crippen LogP contribution in [-0.4, -0.2) is 63.0 Å². The van der Waals surface area contributed by atoms with Gasteiger partial charge in [0.15, 0.2) is 0 Å². The third kappa shape index (κ3) is 39.7. The quantitative estimate of drug-likeness (QED) is 0.0281. The highest BCUT2D eigenvalue weighted by molar-refractivity contribution is 8.76. The van der Waals surface area contributed by atoms with Crippen LogP contribution in [0.25, 0.3) is 0 Å². The van der Waals surface area contributed by atoms with Gasteiger partial charge in [0, 0.05) is 31.3 Å². The molecule has 0 amide bonds. The summed E-state index contributed by atoms with van der Waals surface area (Å²) >= 11 is 0. The lowest BCUT2D eigenvalue weighted by Gasteiger charge is -2.18. The van der Waals surface area contributed by atoms with E-state index in [1.54, 1.807) is 0 Å². The molecule has 0 radical (unpaired) electrons. The molecular formula is C41H77NO2S2. The van der Waals surface area contributed by atoms with Crippen molar-refractivity contribution in [3.05, 3.63) is 48.6 Å². The van der Waals surface area contributed by atoms with Gasteiger partial charge in [0.25, 0.3) is 0 Å². The van der Waals surface area contributed by atoms with E-state index in [0.717, 1.165) is 44.3 Å². The van der Waals surface area contributed by atoms with E-state index in [2.05, 4.69) is 81.5 Å². The molecular weight excluding hydrogens is 603 g/mol. The Kier molecular flexibility index (Phi) is 40.3. The van der Waals surface area contributed by atoms with Crippen molar-refractivity contribution in [2.75, 3.05) is 52.0 Å². The Labute approximate surface area is 296 Å². The molecule has 0 aliphatic heterocycles. The summed E-state index contributed by atoms with van der Waals surface area (Å²) in [7, 11) is 8.20. The number of hydrogen-bond donors (Lipinski definition) is 0. The van der Waals surface area contributed by atoms with Crippen LogP contribution in [0.2, 0.25) is 0 Å². The molecule has 5 heteroatoms. The van der Waals surface area contributed by atoms with Crippen molar-refractivity contribution in [3.8, 4) is 0 Å². The zero-order valence-corrected chi connectivity index (χ0v) is 32.7. The molecule has 0 N–H and O–H groups in total. The van der Waals surface area contributed by atoms with Crippen LogP contribution in [0, 0.1) is 0 Å². The molecule has 0 aromatic heterocycles. The third-order valence-electron chi connectivity index (χ3n) is 7.98. The van der Waals surface area contributed by atoms with Crippen molar-refractivity contribution in [3.63, 3.8) is 0 Å². The van der Waals surface area contributed by atoms with Crippen molar-refractivity contribution in [2.24, 2.45) is 0 Å². The van der Waals surface area contributed by atoms with Crippen LogP contribution in [0.15, 0.2) is 48.6 Å². The molecule has 0 fully saturated rings. The molecule has 0 spiro atoms. The highest BCUT2D eigenvalue weighted by Crippen LogP contribution is 2.23. The molecule has 46 heavy (non-hydrogen) atoms. The van der Waals surface area contributed by atoms with E-state index in [1.165, 1.54) is 135 Å². The summed E-state index contributed by atoms with van der Waals surface area (Å²) in [4.78, 5) is 2.25. The second kappa shape index (κ2) is 40.7. The summed E-state index contributed by atoms with van der Waals surface area (Å²) in [5.74, 6) is 2.17. The largest absolute Gasteiger partial charge is 0.379 e. The average Bonchev–Trinajstić information content (AvgIpc) is 3.05. The number of unbranched alkanes of at least 4 members (excludes halogenated alkanes) is 17. The molecule has 1 unspecified atom stereocenters. The van der Waals surface area contributed by atoms with E-state index in [-0.39, 0.29) is 6.10 Å². The van der Waals surface area contributed by atoms with E-state index in [1.807, 2.05) is 21.6 Å². The predicted octanol–water partition coefficient (Wildman–Crippen LogP) is 13.2. The Bertz CT molecular complexity index is 692. The molecule has 0 saturated heterocycles. The van der Waals surface area contributed by atoms with Gasteiger partial charge < -0.3 is 14.4 Å². The topological polar surface area (TPSA) is 21.7 Å². The second-order valence-corrected chi connectivity index (χ2v) is 15.6. The van der Waals surface area contributed by atoms with Crippen LogP contribution < -0.4 is 0 Å². The maximum absolute atomic E-state index is 6.32. The highest BCUT2D eigenvalue weighted by Gasteiger charge is 2.10. The zero-order valence-electron chi connectivity index (χ0n) is 31.1. The van der Waals surface area contributed by atoms with Gasteiger partial charge in [-0.15, -0.1) is 0 Å². The first kappa shape index (κ1) is 45.5. The Hall–Kier alpha value is -0.460. The van der Waals surface area contributed by atoms with Crippen molar-refractivity contribution in [1.29, 1.82) is 0 Å². The lowest BCUT2D eigenvalue weighted by atomic mass is 10.1. The van der Waals surface area contributed by atoms with Gasteiger partial charge in [0.2, 0.25) is 0 Å². The van der Waals surface area contributed by atoms with E-state index >= 15 is 0 Å². The molecule has 0 heterocycles. The SMILES string of the molecule is CCCC/C=C/C=C/CCCCCCCCOC(COCCCCCCCC/C=C\C/C=C\CCCCC)CSSCCN(C)C. The molecule has 3 nitrogen and oxygen atoms in total. The lowest BCUT2D eigenvalue weighted by molar-refractivity contribution is -0.00609. The number of ether oxygens (including phenoxy) is 2. The smallest absolute Gasteiger partial charge is 0.0906 e. The molecule has 0 aromatic rings. The number of rotatable bonds is 37. The van der Waals surface area contributed by atoms with Crippen molar-refractivity contribution >= 4 is 21.6 Å². The van der Waals surface area contributed by atoms with Gasteiger partial charge in [-0.1, -0.05) is 161 Å². The minimum absolute atomic E-state index is 0.212. The summed E-state index contributed by atoms with van der Waals surface area (Å²) in [5.41, 5.74) is 0. The number of nitrogens with zero attached hydrogens (tertiary/aromatic N) is 1. The molecule has 0 rings (SSSR count). The normalized spacial score (nSPS) is 13.2. The molecule has 0 aliphatic rings. The fourth-order valence-corrected chi connectivity index (χ4v) is 7.27. The Morgan fingerprint density at radius 1 is 0.543 bits per heavy atom. The first-order chi connectivity index (χ1) is 22.7. The van der Waals surface area contributed by atoms with Crippen LogP contribution in [0.5, 0.6) is 0 Å². The summed E-state index contributed by atoms with van der Waals surface area (Å²) in [5, 5.41) is 0. The van der Waals surface area contributed by atoms with Gasteiger partial charge >= 0.3 is 0 Å². The Balaban J connectivity index is 3.85. The van der Waals surface area contributed by atoms with Gasteiger partial charge in [0.1, 0.15) is 0 Å². The van der Waals surface area contributed by atoms with Gasteiger partial charge in [-0.25, -0.2) is 0 Å². The summed E-state index contributed by atoms with van der Waals surface area (Å²) < 4.78 is 12.4. The first-order valence-corrected chi connectivity index (χ1v) is 21.9. The summed E-state index contributed by atoms with van der Waals surface area (Å²) in [6.45, 7) is 8.12. The van der Waals surface area contributed by atoms with Crippen molar-refractivity contribution < 1.29 is 9.47 Å². The number of hydrogen-bond acceptors (Lipinski definition) is 5. The molecule has 0 bridgehead atoms. The van der Waals surface area contributed by atoms with E-state index < -0.39 is 0 Å². The minimum Gasteiger partial charge on any atom is -0.379 e. The maximum atomic E-state index is 6.32. The molecule has 0 aliphatic carbocycles. The predicted molar refractivity (Wildman–Crippen MR) is 214 cm³/mol. The lowest BCUT2D eigenvalue weighted by Crippen LogP contribution is -2.23. The molecule has 1 atom stereocenters. The van der Waals surface area contributed by atoms with Crippen LogP contribution in [-0.2, 0) is 9.47 Å². The standard InChI is InChI=1S/C41H77NO2S2/c1-5-7-9-11-13-15-17-19-21-22-23-25-27-29-31-33-36-43-39-41(40-46-45-38-35-42(3)4)44-37-34-32-30-28-26-24-20-18-16-14-12-10-8-6-2/h12-16,18-19,21,41H,5-11,17,20,22-40H2,1-4H3/b14-12+,15-13-,18-16+,21-19-. The van der Waals surface area contributed by atoms with E-state index in [0.29, 0.717) is 0 Å². The summed E-state index contributed by atoms with van der Waals surface area (Å²) in [6, 6.07) is 0. The fourth-order valence-electron chi connectivity index (χ4n) is 4.95. The van der Waals surface area contributed by atoms with Gasteiger partial charge in [-0.2, -0.15) is 0 Å². The van der Waals surface area contributed by atoms with Gasteiger partial charge in [0.05, 0.1) is 12.7 Å². The second-order valence-electron chi connectivity index (χ2n) is 13.0. The van der Waals surface area contributed by atoms with Gasteiger partial charge in [-0.3, -0.25) is 0 Å². The van der Waals surface area contributed by atoms with Crippen molar-refractivity contribution in [2.45, 2.75) is 161 Å². The summed E-state index contributed by atoms with van der Waals surface area (Å²) in [6.07, 6.45) is 46.8. The molecule has 0 aromatic carbocycles. The van der Waals surface area contributed by atoms with Crippen LogP contribution in [0.3, 0.4) is 0 Å². The Morgan fingerprint density at radius 2 is 1.07 bits per heavy atom. The highest BCUT2D eigenvalue weighted by atomic mass is 33.1. The van der Waals surface area contributed by atoms with Crippen LogP contribution in [0.1, 0.15) is 155 Å². The van der Waals surface area contributed by atoms with Crippen molar-refractivity contribution in [1.82, 2.24) is 4.90 Å².